The molecular weight excluding hydrogens is 308 g/mol. The minimum Gasteiger partial charge on any atom is -0.448 e. The zero-order chi connectivity index (χ0) is 16.1. The average molecular weight is 320 g/mol. The summed E-state index contributed by atoms with van der Waals surface area (Å²) in [6.45, 7) is 1.43. The van der Waals surface area contributed by atoms with E-state index in [1.807, 2.05) is 0 Å². The van der Waals surface area contributed by atoms with Crippen LogP contribution in [0.5, 0.6) is 0 Å². The van der Waals surface area contributed by atoms with Gasteiger partial charge in [-0.25, -0.2) is 4.79 Å². The zero-order valence-electron chi connectivity index (χ0n) is 11.5. The first kappa shape index (κ1) is 15.6. The number of non-ortho nitro benzene ring substituents is 1. The van der Waals surface area contributed by atoms with Gasteiger partial charge in [0.15, 0.2) is 6.10 Å². The van der Waals surface area contributed by atoms with E-state index in [1.165, 1.54) is 42.5 Å². The van der Waals surface area contributed by atoms with Crippen LogP contribution >= 0.6 is 11.3 Å². The Morgan fingerprint density at radius 1 is 1.32 bits per heavy atom. The van der Waals surface area contributed by atoms with Crippen molar-refractivity contribution in [1.82, 2.24) is 0 Å². The molecule has 114 valence electrons. The molecule has 1 atom stereocenters. The van der Waals surface area contributed by atoms with Gasteiger partial charge in [-0.3, -0.25) is 14.9 Å². The standard InChI is InChI=1S/C14H12N2O5S/c1-9(21-14(18)12-6-3-7-22-12)13(17)15-10-4-2-5-11(8-10)16(19)20/h2-9H,1H3,(H,15,17)/t9-/m0/s1. The molecule has 0 aliphatic rings. The van der Waals surface area contributed by atoms with Crippen LogP contribution in [0.3, 0.4) is 0 Å². The van der Waals surface area contributed by atoms with E-state index in [9.17, 15) is 19.7 Å². The molecule has 1 N–H and O–H groups in total. The minimum absolute atomic E-state index is 0.138. The van der Waals surface area contributed by atoms with Crippen molar-refractivity contribution in [3.8, 4) is 0 Å². The Morgan fingerprint density at radius 3 is 2.73 bits per heavy atom. The van der Waals surface area contributed by atoms with Crippen LogP contribution in [-0.2, 0) is 9.53 Å². The summed E-state index contributed by atoms with van der Waals surface area (Å²) in [7, 11) is 0. The predicted octanol–water partition coefficient (Wildman–Crippen LogP) is 2.84. The molecule has 0 saturated heterocycles. The van der Waals surface area contributed by atoms with E-state index in [-0.39, 0.29) is 11.4 Å². The van der Waals surface area contributed by atoms with Crippen molar-refractivity contribution in [2.24, 2.45) is 0 Å². The zero-order valence-corrected chi connectivity index (χ0v) is 12.3. The number of carbonyl (C=O) groups excluding carboxylic acids is 2. The Balaban J connectivity index is 1.98. The number of ether oxygens (including phenoxy) is 1. The van der Waals surface area contributed by atoms with E-state index in [0.29, 0.717) is 4.88 Å². The predicted molar refractivity (Wildman–Crippen MR) is 80.9 cm³/mol. The van der Waals surface area contributed by atoms with E-state index < -0.39 is 22.9 Å². The fraction of sp³-hybridized carbons (Fsp3) is 0.143. The van der Waals surface area contributed by atoms with E-state index in [1.54, 1.807) is 17.5 Å². The van der Waals surface area contributed by atoms with Crippen molar-refractivity contribution in [1.29, 1.82) is 0 Å². The van der Waals surface area contributed by atoms with Crippen LogP contribution in [0.15, 0.2) is 41.8 Å². The fourth-order valence-corrected chi connectivity index (χ4v) is 2.21. The Morgan fingerprint density at radius 2 is 2.09 bits per heavy atom. The highest BCUT2D eigenvalue weighted by molar-refractivity contribution is 7.11. The van der Waals surface area contributed by atoms with Crippen LogP contribution in [0.1, 0.15) is 16.6 Å². The number of nitrogens with zero attached hydrogens (tertiary/aromatic N) is 1. The summed E-state index contributed by atoms with van der Waals surface area (Å²) < 4.78 is 5.03. The molecule has 0 aliphatic heterocycles. The number of esters is 1. The summed E-state index contributed by atoms with van der Waals surface area (Å²) in [6, 6.07) is 8.81. The number of amides is 1. The molecule has 0 fully saturated rings. The number of hydrogen-bond donors (Lipinski definition) is 1. The summed E-state index contributed by atoms with van der Waals surface area (Å²) >= 11 is 1.21. The van der Waals surface area contributed by atoms with Gasteiger partial charge in [-0.1, -0.05) is 12.1 Å². The van der Waals surface area contributed by atoms with Gasteiger partial charge in [-0.2, -0.15) is 0 Å². The summed E-state index contributed by atoms with van der Waals surface area (Å²) in [5.74, 6) is -1.15. The molecule has 0 unspecified atom stereocenters. The van der Waals surface area contributed by atoms with Crippen molar-refractivity contribution in [2.45, 2.75) is 13.0 Å². The Bertz CT molecular complexity index is 699. The number of carbonyl (C=O) groups is 2. The van der Waals surface area contributed by atoms with Gasteiger partial charge in [0, 0.05) is 17.8 Å². The number of nitro benzene ring substituents is 1. The first-order chi connectivity index (χ1) is 10.5. The highest BCUT2D eigenvalue weighted by Crippen LogP contribution is 2.18. The smallest absolute Gasteiger partial charge is 0.349 e. The van der Waals surface area contributed by atoms with Crippen molar-refractivity contribution in [2.75, 3.05) is 5.32 Å². The fourth-order valence-electron chi connectivity index (χ4n) is 1.61. The first-order valence-corrected chi connectivity index (χ1v) is 7.15. The van der Waals surface area contributed by atoms with Crippen molar-refractivity contribution in [3.63, 3.8) is 0 Å². The van der Waals surface area contributed by atoms with E-state index in [4.69, 9.17) is 4.74 Å². The molecule has 0 bridgehead atoms. The van der Waals surface area contributed by atoms with Gasteiger partial charge in [0.05, 0.1) is 4.92 Å². The summed E-state index contributed by atoms with van der Waals surface area (Å²) in [5.41, 5.74) is 0.124. The lowest BCUT2D eigenvalue weighted by molar-refractivity contribution is -0.384. The maximum atomic E-state index is 11.9. The normalized spacial score (nSPS) is 11.5. The van der Waals surface area contributed by atoms with Crippen LogP contribution < -0.4 is 5.32 Å². The largest absolute Gasteiger partial charge is 0.448 e. The van der Waals surface area contributed by atoms with E-state index in [2.05, 4.69) is 5.32 Å². The van der Waals surface area contributed by atoms with Gasteiger partial charge >= 0.3 is 5.97 Å². The number of anilines is 1. The lowest BCUT2D eigenvalue weighted by Gasteiger charge is -2.12. The molecule has 8 heteroatoms. The topological polar surface area (TPSA) is 98.5 Å². The van der Waals surface area contributed by atoms with Gasteiger partial charge in [0.2, 0.25) is 0 Å². The molecule has 0 spiro atoms. The van der Waals surface area contributed by atoms with Crippen LogP contribution in [0.4, 0.5) is 11.4 Å². The molecule has 1 aromatic heterocycles. The molecule has 2 aromatic rings. The number of benzene rings is 1. The molecule has 7 nitrogen and oxygen atoms in total. The molecule has 1 amide bonds. The Kier molecular flexibility index (Phi) is 4.84. The average Bonchev–Trinajstić information content (AvgIpc) is 3.01. The molecule has 1 heterocycles. The van der Waals surface area contributed by atoms with Crippen LogP contribution in [0.25, 0.3) is 0 Å². The Hall–Kier alpha value is -2.74. The number of nitrogens with one attached hydrogen (secondary N) is 1. The first-order valence-electron chi connectivity index (χ1n) is 6.27. The highest BCUT2D eigenvalue weighted by Gasteiger charge is 2.20. The highest BCUT2D eigenvalue weighted by atomic mass is 32.1. The molecule has 0 saturated carbocycles. The van der Waals surface area contributed by atoms with Crippen LogP contribution in [0, 0.1) is 10.1 Å². The van der Waals surface area contributed by atoms with Crippen molar-refractivity contribution >= 4 is 34.6 Å². The summed E-state index contributed by atoms with van der Waals surface area (Å²) in [5, 5.41) is 14.9. The monoisotopic (exact) mass is 320 g/mol. The molecule has 22 heavy (non-hydrogen) atoms. The van der Waals surface area contributed by atoms with Gasteiger partial charge in [0.25, 0.3) is 11.6 Å². The SMILES string of the molecule is C[C@H](OC(=O)c1cccs1)C(=O)Nc1cccc([N+](=O)[O-])c1. The third kappa shape index (κ3) is 3.89. The van der Waals surface area contributed by atoms with Crippen molar-refractivity contribution in [3.05, 3.63) is 56.8 Å². The van der Waals surface area contributed by atoms with Crippen molar-refractivity contribution < 1.29 is 19.2 Å². The molecular formula is C14H12N2O5S. The van der Waals surface area contributed by atoms with E-state index >= 15 is 0 Å². The van der Waals surface area contributed by atoms with Crippen LogP contribution in [0.2, 0.25) is 0 Å². The number of thiophene rings is 1. The van der Waals surface area contributed by atoms with Gasteiger partial charge in [0.1, 0.15) is 4.88 Å². The minimum atomic E-state index is -1.02. The summed E-state index contributed by atoms with van der Waals surface area (Å²) in [6.07, 6.45) is -1.02. The molecule has 0 aliphatic carbocycles. The third-order valence-corrected chi connectivity index (χ3v) is 3.55. The quantitative estimate of drug-likeness (QED) is 0.519. The third-order valence-electron chi connectivity index (χ3n) is 2.70. The second-order valence-electron chi connectivity index (χ2n) is 4.32. The number of rotatable bonds is 5. The lowest BCUT2D eigenvalue weighted by Crippen LogP contribution is -2.29. The van der Waals surface area contributed by atoms with E-state index in [0.717, 1.165) is 0 Å². The molecule has 1 aromatic carbocycles. The van der Waals surface area contributed by atoms with Gasteiger partial charge in [-0.05, 0) is 24.4 Å². The second-order valence-corrected chi connectivity index (χ2v) is 5.27. The maximum Gasteiger partial charge on any atom is 0.349 e. The number of hydrogen-bond acceptors (Lipinski definition) is 6. The van der Waals surface area contributed by atoms with Gasteiger partial charge in [-0.15, -0.1) is 11.3 Å². The number of nitro groups is 1. The maximum absolute atomic E-state index is 11.9. The second kappa shape index (κ2) is 6.81. The Labute approximate surface area is 129 Å². The lowest BCUT2D eigenvalue weighted by atomic mass is 10.2. The van der Waals surface area contributed by atoms with Crippen LogP contribution in [-0.4, -0.2) is 22.9 Å². The van der Waals surface area contributed by atoms with Gasteiger partial charge < -0.3 is 10.1 Å². The summed E-state index contributed by atoms with van der Waals surface area (Å²) in [4.78, 5) is 34.2. The molecule has 0 radical (unpaired) electrons. The molecule has 2 rings (SSSR count).